The van der Waals surface area contributed by atoms with Crippen molar-refractivity contribution in [3.63, 3.8) is 0 Å². The lowest BCUT2D eigenvalue weighted by atomic mass is 9.97. The molecule has 2 N–H and O–H groups in total. The number of rotatable bonds is 4. The zero-order chi connectivity index (χ0) is 15.8. The van der Waals surface area contributed by atoms with Gasteiger partial charge in [0.05, 0.1) is 7.11 Å². The van der Waals surface area contributed by atoms with E-state index in [1.165, 1.54) is 25.7 Å². The van der Waals surface area contributed by atoms with E-state index < -0.39 is 0 Å². The standard InChI is InChI=1S/C20H23NO2/c1-22-18-9-6-15(14-4-7-17(21)8-5-14)12-20(18)23-19-11-13-2-3-16(19)10-13/h4-9,12-13,16,19H,2-3,10-11,21H2,1H3. The van der Waals surface area contributed by atoms with Gasteiger partial charge in [-0.05, 0) is 72.9 Å². The average molecular weight is 309 g/mol. The normalized spacial score (nSPS) is 25.5. The van der Waals surface area contributed by atoms with Crippen molar-refractivity contribution >= 4 is 5.69 Å². The first-order valence-corrected chi connectivity index (χ1v) is 8.43. The first-order valence-electron chi connectivity index (χ1n) is 8.43. The van der Waals surface area contributed by atoms with Crippen molar-refractivity contribution in [3.8, 4) is 22.6 Å². The summed E-state index contributed by atoms with van der Waals surface area (Å²) in [5.74, 6) is 3.27. The molecule has 2 aromatic rings. The summed E-state index contributed by atoms with van der Waals surface area (Å²) in [6, 6.07) is 14.1. The van der Waals surface area contributed by atoms with Gasteiger partial charge in [0.2, 0.25) is 0 Å². The van der Waals surface area contributed by atoms with Gasteiger partial charge in [-0.15, -0.1) is 0 Å². The fourth-order valence-corrected chi connectivity index (χ4v) is 4.12. The lowest BCUT2D eigenvalue weighted by Gasteiger charge is -2.24. The third-order valence-electron chi connectivity index (χ3n) is 5.36. The number of nitrogen functional groups attached to an aromatic ring is 1. The SMILES string of the molecule is COc1ccc(-c2ccc(N)cc2)cc1OC1CC2CCC1C2. The van der Waals surface area contributed by atoms with Gasteiger partial charge in [-0.3, -0.25) is 0 Å². The van der Waals surface area contributed by atoms with Crippen molar-refractivity contribution in [3.05, 3.63) is 42.5 Å². The van der Waals surface area contributed by atoms with Gasteiger partial charge >= 0.3 is 0 Å². The number of benzene rings is 2. The average Bonchev–Trinajstić information content (AvgIpc) is 3.18. The van der Waals surface area contributed by atoms with Crippen LogP contribution < -0.4 is 15.2 Å². The molecule has 3 atom stereocenters. The Kier molecular flexibility index (Phi) is 3.64. The van der Waals surface area contributed by atoms with Crippen LogP contribution >= 0.6 is 0 Å². The minimum Gasteiger partial charge on any atom is -0.493 e. The van der Waals surface area contributed by atoms with Crippen molar-refractivity contribution in [1.29, 1.82) is 0 Å². The molecule has 0 radical (unpaired) electrons. The molecule has 0 heterocycles. The quantitative estimate of drug-likeness (QED) is 0.845. The van der Waals surface area contributed by atoms with E-state index in [4.69, 9.17) is 15.2 Å². The Morgan fingerprint density at radius 1 is 0.913 bits per heavy atom. The van der Waals surface area contributed by atoms with Crippen LogP contribution in [0.1, 0.15) is 25.7 Å². The minimum absolute atomic E-state index is 0.351. The van der Waals surface area contributed by atoms with Crippen LogP contribution in [-0.2, 0) is 0 Å². The van der Waals surface area contributed by atoms with E-state index >= 15 is 0 Å². The molecule has 23 heavy (non-hydrogen) atoms. The predicted octanol–water partition coefficient (Wildman–Crippen LogP) is 4.51. The van der Waals surface area contributed by atoms with E-state index in [1.807, 2.05) is 30.3 Å². The second-order valence-corrected chi connectivity index (χ2v) is 6.82. The maximum Gasteiger partial charge on any atom is 0.162 e. The number of anilines is 1. The Morgan fingerprint density at radius 3 is 2.35 bits per heavy atom. The lowest BCUT2D eigenvalue weighted by Crippen LogP contribution is -2.23. The molecule has 0 saturated heterocycles. The molecule has 2 aliphatic carbocycles. The maximum atomic E-state index is 6.37. The number of nitrogens with two attached hydrogens (primary N) is 1. The Bertz CT molecular complexity index is 695. The maximum absolute atomic E-state index is 6.37. The summed E-state index contributed by atoms with van der Waals surface area (Å²) in [6.45, 7) is 0. The van der Waals surface area contributed by atoms with Crippen LogP contribution in [0, 0.1) is 11.8 Å². The van der Waals surface area contributed by atoms with Crippen molar-refractivity contribution in [2.45, 2.75) is 31.8 Å². The number of hydrogen-bond acceptors (Lipinski definition) is 3. The molecule has 2 fully saturated rings. The summed E-state index contributed by atoms with van der Waals surface area (Å²) < 4.78 is 11.9. The highest BCUT2D eigenvalue weighted by Crippen LogP contribution is 2.47. The fraction of sp³-hybridized carbons (Fsp3) is 0.400. The van der Waals surface area contributed by atoms with E-state index in [1.54, 1.807) is 7.11 Å². The van der Waals surface area contributed by atoms with E-state index in [0.29, 0.717) is 6.10 Å². The molecule has 4 rings (SSSR count). The first-order chi connectivity index (χ1) is 11.2. The smallest absolute Gasteiger partial charge is 0.162 e. The molecule has 2 aromatic carbocycles. The summed E-state index contributed by atoms with van der Waals surface area (Å²) in [5.41, 5.74) is 8.82. The van der Waals surface area contributed by atoms with Gasteiger partial charge in [0.15, 0.2) is 11.5 Å². The molecule has 2 saturated carbocycles. The third kappa shape index (κ3) is 2.76. The van der Waals surface area contributed by atoms with Crippen molar-refractivity contribution in [2.24, 2.45) is 11.8 Å². The Hall–Kier alpha value is -2.16. The second-order valence-electron chi connectivity index (χ2n) is 6.82. The zero-order valence-corrected chi connectivity index (χ0v) is 13.5. The van der Waals surface area contributed by atoms with Gasteiger partial charge in [0, 0.05) is 5.69 Å². The van der Waals surface area contributed by atoms with Gasteiger partial charge in [-0.1, -0.05) is 18.2 Å². The monoisotopic (exact) mass is 309 g/mol. The van der Waals surface area contributed by atoms with E-state index in [2.05, 4.69) is 12.1 Å². The molecule has 2 aliphatic rings. The van der Waals surface area contributed by atoms with Crippen LogP contribution in [0.2, 0.25) is 0 Å². The fourth-order valence-electron chi connectivity index (χ4n) is 4.12. The van der Waals surface area contributed by atoms with Crippen LogP contribution in [0.15, 0.2) is 42.5 Å². The highest BCUT2D eigenvalue weighted by molar-refractivity contribution is 5.68. The number of ether oxygens (including phenoxy) is 2. The molecule has 0 spiro atoms. The summed E-state index contributed by atoms with van der Waals surface area (Å²) in [7, 11) is 1.70. The largest absolute Gasteiger partial charge is 0.493 e. The number of fused-ring (bicyclic) bond motifs is 2. The Balaban J connectivity index is 1.62. The molecule has 3 unspecified atom stereocenters. The number of methoxy groups -OCH3 is 1. The van der Waals surface area contributed by atoms with E-state index in [9.17, 15) is 0 Å². The third-order valence-corrected chi connectivity index (χ3v) is 5.36. The second kappa shape index (κ2) is 5.80. The van der Waals surface area contributed by atoms with E-state index in [0.717, 1.165) is 40.1 Å². The van der Waals surface area contributed by atoms with Crippen LogP contribution in [0.25, 0.3) is 11.1 Å². The summed E-state index contributed by atoms with van der Waals surface area (Å²) in [5, 5.41) is 0. The van der Waals surface area contributed by atoms with Crippen LogP contribution in [0.3, 0.4) is 0 Å². The van der Waals surface area contributed by atoms with Gasteiger partial charge in [0.1, 0.15) is 6.10 Å². The van der Waals surface area contributed by atoms with Crippen LogP contribution in [0.5, 0.6) is 11.5 Å². The molecule has 0 amide bonds. The van der Waals surface area contributed by atoms with E-state index in [-0.39, 0.29) is 0 Å². The highest BCUT2D eigenvalue weighted by atomic mass is 16.5. The van der Waals surface area contributed by atoms with Crippen LogP contribution in [0.4, 0.5) is 5.69 Å². The molecule has 0 aromatic heterocycles. The lowest BCUT2D eigenvalue weighted by molar-refractivity contribution is 0.133. The highest BCUT2D eigenvalue weighted by Gasteiger charge is 2.41. The van der Waals surface area contributed by atoms with Crippen molar-refractivity contribution in [2.75, 3.05) is 12.8 Å². The Morgan fingerprint density at radius 2 is 1.70 bits per heavy atom. The molecular weight excluding hydrogens is 286 g/mol. The summed E-state index contributed by atoms with van der Waals surface area (Å²) in [6.07, 6.45) is 5.58. The summed E-state index contributed by atoms with van der Waals surface area (Å²) >= 11 is 0. The van der Waals surface area contributed by atoms with Crippen molar-refractivity contribution in [1.82, 2.24) is 0 Å². The molecule has 0 aliphatic heterocycles. The van der Waals surface area contributed by atoms with Gasteiger partial charge < -0.3 is 15.2 Å². The number of hydrogen-bond donors (Lipinski definition) is 1. The van der Waals surface area contributed by atoms with Crippen molar-refractivity contribution < 1.29 is 9.47 Å². The minimum atomic E-state index is 0.351. The predicted molar refractivity (Wildman–Crippen MR) is 92.7 cm³/mol. The molecule has 120 valence electrons. The topological polar surface area (TPSA) is 44.5 Å². The summed E-state index contributed by atoms with van der Waals surface area (Å²) in [4.78, 5) is 0. The molecule has 2 bridgehead atoms. The van der Waals surface area contributed by atoms with Gasteiger partial charge in [-0.2, -0.15) is 0 Å². The zero-order valence-electron chi connectivity index (χ0n) is 13.5. The van der Waals surface area contributed by atoms with Gasteiger partial charge in [0.25, 0.3) is 0 Å². The first kappa shape index (κ1) is 14.4. The van der Waals surface area contributed by atoms with Crippen LogP contribution in [-0.4, -0.2) is 13.2 Å². The molecule has 3 heteroatoms. The molecule has 3 nitrogen and oxygen atoms in total. The molecular formula is C20H23NO2. The van der Waals surface area contributed by atoms with Gasteiger partial charge in [-0.25, -0.2) is 0 Å². The Labute approximate surface area is 137 Å².